The molecule has 0 aromatic carbocycles. The molecule has 8 nitrogen and oxygen atoms in total. The van der Waals surface area contributed by atoms with Gasteiger partial charge in [0.05, 0.1) is 5.69 Å². The zero-order valence-electron chi connectivity index (χ0n) is 16.2. The maximum atomic E-state index is 8.44. The molecule has 27 heavy (non-hydrogen) atoms. The molecule has 0 amide bonds. The third-order valence-electron chi connectivity index (χ3n) is 4.35. The third-order valence-corrected chi connectivity index (χ3v) is 4.55. The highest BCUT2D eigenvalue weighted by Gasteiger charge is 2.14. The van der Waals surface area contributed by atoms with Crippen molar-refractivity contribution in [1.82, 2.24) is 20.0 Å². The number of nitrogens with one attached hydrogen (secondary N) is 4. The van der Waals surface area contributed by atoms with Gasteiger partial charge in [-0.25, -0.2) is 0 Å². The van der Waals surface area contributed by atoms with Gasteiger partial charge in [0.15, 0.2) is 16.5 Å². The Morgan fingerprint density at radius 2 is 1.89 bits per heavy atom. The normalized spacial score (nSPS) is 11.1. The molecule has 0 unspecified atom stereocenters. The van der Waals surface area contributed by atoms with Crippen molar-refractivity contribution < 1.29 is 0 Å². The second kappa shape index (κ2) is 9.45. The first-order valence-electron chi connectivity index (χ1n) is 9.13. The van der Waals surface area contributed by atoms with Crippen molar-refractivity contribution in [2.45, 2.75) is 40.5 Å². The Balaban J connectivity index is 2.39. The van der Waals surface area contributed by atoms with E-state index in [9.17, 15) is 0 Å². The summed E-state index contributed by atoms with van der Waals surface area (Å²) in [6.45, 7) is 8.91. The molecule has 0 aliphatic carbocycles. The van der Waals surface area contributed by atoms with E-state index < -0.39 is 0 Å². The highest BCUT2D eigenvalue weighted by Crippen LogP contribution is 2.16. The quantitative estimate of drug-likeness (QED) is 0.403. The molecule has 0 fully saturated rings. The van der Waals surface area contributed by atoms with E-state index in [1.54, 1.807) is 18.2 Å². The maximum Gasteiger partial charge on any atom is 0.172 e. The summed E-state index contributed by atoms with van der Waals surface area (Å²) in [5.74, 6) is 1.79. The van der Waals surface area contributed by atoms with Gasteiger partial charge >= 0.3 is 0 Å². The van der Waals surface area contributed by atoms with Crippen LogP contribution in [0.4, 0.5) is 17.3 Å². The molecule has 2 rings (SSSR count). The minimum Gasteiger partial charge on any atom is -0.368 e. The lowest BCUT2D eigenvalue weighted by Gasteiger charge is -2.18. The molecule has 0 spiro atoms. The number of anilines is 3. The van der Waals surface area contributed by atoms with Crippen LogP contribution in [0, 0.1) is 22.7 Å². The minimum absolute atomic E-state index is 0.0657. The van der Waals surface area contributed by atoms with Crippen LogP contribution < -0.4 is 16.1 Å². The van der Waals surface area contributed by atoms with E-state index in [0.717, 1.165) is 19.4 Å². The van der Waals surface area contributed by atoms with Crippen LogP contribution in [0.2, 0.25) is 5.15 Å². The molecule has 0 aliphatic heterocycles. The van der Waals surface area contributed by atoms with E-state index in [1.807, 2.05) is 13.8 Å². The highest BCUT2D eigenvalue weighted by molar-refractivity contribution is 6.29. The Labute approximate surface area is 164 Å². The average Bonchev–Trinajstić information content (AvgIpc) is 2.65. The topological polar surface area (TPSA) is 115 Å². The van der Waals surface area contributed by atoms with Crippen molar-refractivity contribution in [2.75, 3.05) is 17.2 Å². The van der Waals surface area contributed by atoms with Crippen molar-refractivity contribution in [1.29, 1.82) is 10.8 Å². The number of hydrogen-bond acceptors (Lipinski definition) is 7. The van der Waals surface area contributed by atoms with Crippen LogP contribution in [-0.2, 0) is 0 Å². The second-order valence-corrected chi connectivity index (χ2v) is 7.06. The Hall–Kier alpha value is -2.48. The van der Waals surface area contributed by atoms with Crippen LogP contribution in [0.5, 0.6) is 0 Å². The Bertz CT molecular complexity index is 824. The van der Waals surface area contributed by atoms with E-state index in [1.165, 1.54) is 4.68 Å². The monoisotopic (exact) mass is 390 g/mol. The molecular weight excluding hydrogens is 364 g/mol. The molecule has 0 radical (unpaired) electrons. The fourth-order valence-corrected chi connectivity index (χ4v) is 2.55. The Morgan fingerprint density at radius 1 is 1.19 bits per heavy atom. The molecule has 146 valence electrons. The Kier molecular flexibility index (Phi) is 7.29. The molecule has 0 saturated heterocycles. The lowest BCUT2D eigenvalue weighted by molar-refractivity contribution is 0.517. The summed E-state index contributed by atoms with van der Waals surface area (Å²) in [4.78, 5) is 0. The summed E-state index contributed by atoms with van der Waals surface area (Å²) in [7, 11) is 0. The summed E-state index contributed by atoms with van der Waals surface area (Å²) >= 11 is 5.78. The minimum atomic E-state index is -0.0657. The summed E-state index contributed by atoms with van der Waals surface area (Å²) in [6, 6.07) is 5.06. The molecule has 0 saturated carbocycles. The molecule has 9 heteroatoms. The van der Waals surface area contributed by atoms with Gasteiger partial charge in [0.1, 0.15) is 11.7 Å². The van der Waals surface area contributed by atoms with Crippen LogP contribution in [0.25, 0.3) is 0 Å². The van der Waals surface area contributed by atoms with E-state index in [-0.39, 0.29) is 17.2 Å². The standard InChI is InChI=1S/C18H27ClN8/c1-5-12(6-2)10-22-16-9-13(23-15-8-7-14(19)24-25-15)18(21)27(26-16)17(20)11(3)4/h7-9,11-12,20-21H,5-6,10H2,1-4H3,(H,22,26)(H,23,25). The first-order valence-corrected chi connectivity index (χ1v) is 9.51. The summed E-state index contributed by atoms with van der Waals surface area (Å²) in [5, 5.41) is 35.7. The number of nitrogens with zero attached hydrogens (tertiary/aromatic N) is 4. The Morgan fingerprint density at radius 3 is 2.44 bits per heavy atom. The molecule has 4 N–H and O–H groups in total. The molecule has 2 aromatic heterocycles. The van der Waals surface area contributed by atoms with Crippen LogP contribution >= 0.6 is 11.6 Å². The van der Waals surface area contributed by atoms with Gasteiger partial charge in [0.25, 0.3) is 0 Å². The number of rotatable bonds is 8. The number of aromatic nitrogens is 4. The van der Waals surface area contributed by atoms with E-state index in [2.05, 4.69) is 39.8 Å². The van der Waals surface area contributed by atoms with Crippen molar-refractivity contribution in [3.05, 3.63) is 28.8 Å². The first kappa shape index (κ1) is 20.8. The van der Waals surface area contributed by atoms with Crippen molar-refractivity contribution in [2.24, 2.45) is 11.8 Å². The summed E-state index contributed by atoms with van der Waals surface area (Å²) in [5.41, 5.74) is 0.567. The van der Waals surface area contributed by atoms with Gasteiger partial charge in [-0.1, -0.05) is 52.1 Å². The zero-order chi connectivity index (χ0) is 20.0. The van der Waals surface area contributed by atoms with Crippen LogP contribution in [-0.4, -0.2) is 32.4 Å². The van der Waals surface area contributed by atoms with Gasteiger partial charge in [-0.2, -0.15) is 4.68 Å². The smallest absolute Gasteiger partial charge is 0.172 e. The highest BCUT2D eigenvalue weighted by atomic mass is 35.5. The van der Waals surface area contributed by atoms with Gasteiger partial charge in [0.2, 0.25) is 0 Å². The van der Waals surface area contributed by atoms with Crippen LogP contribution in [0.3, 0.4) is 0 Å². The van der Waals surface area contributed by atoms with Crippen molar-refractivity contribution in [3.8, 4) is 0 Å². The fraction of sp³-hybridized carbons (Fsp3) is 0.500. The van der Waals surface area contributed by atoms with Gasteiger partial charge in [0, 0.05) is 18.5 Å². The lowest BCUT2D eigenvalue weighted by Crippen LogP contribution is -2.34. The number of halogens is 1. The van der Waals surface area contributed by atoms with Crippen molar-refractivity contribution in [3.63, 3.8) is 0 Å². The molecule has 0 atom stereocenters. The molecule has 2 aromatic rings. The average molecular weight is 391 g/mol. The molecule has 2 heterocycles. The van der Waals surface area contributed by atoms with Gasteiger partial charge in [-0.15, -0.1) is 15.3 Å². The van der Waals surface area contributed by atoms with Gasteiger partial charge < -0.3 is 10.6 Å². The predicted molar refractivity (Wildman–Crippen MR) is 109 cm³/mol. The third kappa shape index (κ3) is 5.50. The summed E-state index contributed by atoms with van der Waals surface area (Å²) < 4.78 is 1.34. The predicted octanol–water partition coefficient (Wildman–Crippen LogP) is 3.88. The number of hydrogen-bond donors (Lipinski definition) is 4. The maximum absolute atomic E-state index is 8.44. The molecule has 0 aliphatic rings. The molecular formula is C18H27ClN8. The van der Waals surface area contributed by atoms with Gasteiger partial charge in [-0.3, -0.25) is 10.8 Å². The largest absolute Gasteiger partial charge is 0.368 e. The SMILES string of the molecule is CCC(CC)CNc1cc(Nc2ccc(Cl)nn2)c(=N)n(C(=N)C(C)C)n1. The fourth-order valence-electron chi connectivity index (χ4n) is 2.45. The van der Waals surface area contributed by atoms with Crippen LogP contribution in [0.15, 0.2) is 18.2 Å². The van der Waals surface area contributed by atoms with E-state index in [0.29, 0.717) is 28.4 Å². The lowest BCUT2D eigenvalue weighted by atomic mass is 10.0. The van der Waals surface area contributed by atoms with E-state index >= 15 is 0 Å². The molecule has 0 bridgehead atoms. The zero-order valence-corrected chi connectivity index (χ0v) is 16.9. The van der Waals surface area contributed by atoms with E-state index in [4.69, 9.17) is 22.4 Å². The first-order chi connectivity index (χ1) is 12.8. The van der Waals surface area contributed by atoms with Gasteiger partial charge in [-0.05, 0) is 18.1 Å². The summed E-state index contributed by atoms with van der Waals surface area (Å²) in [6.07, 6.45) is 2.15. The van der Waals surface area contributed by atoms with Crippen LogP contribution in [0.1, 0.15) is 40.5 Å². The second-order valence-electron chi connectivity index (χ2n) is 6.67. The van der Waals surface area contributed by atoms with Crippen molar-refractivity contribution >= 4 is 34.8 Å².